The lowest BCUT2D eigenvalue weighted by atomic mass is 10.00. The smallest absolute Gasteiger partial charge is 0.164 e. The molecule has 0 aliphatic rings. The second kappa shape index (κ2) is 11.2. The normalized spacial score (nSPS) is 15.9. The average molecular weight is 617 g/mol. The fraction of sp³-hybridized carbons (Fsp3) is 0. The van der Waals surface area contributed by atoms with Crippen molar-refractivity contribution in [2.75, 3.05) is 0 Å². The molecule has 0 amide bonds. The summed E-state index contributed by atoms with van der Waals surface area (Å²) in [6.45, 7) is 0. The van der Waals surface area contributed by atoms with Crippen LogP contribution in [0.2, 0.25) is 0 Å². The van der Waals surface area contributed by atoms with Gasteiger partial charge in [-0.25, -0.2) is 15.0 Å². The molecule has 4 heteroatoms. The van der Waals surface area contributed by atoms with Crippen molar-refractivity contribution in [3.8, 4) is 56.4 Å². The molecule has 2 heterocycles. The zero-order valence-electron chi connectivity index (χ0n) is 39.2. The van der Waals surface area contributed by atoms with Crippen LogP contribution in [-0.2, 0) is 0 Å². The molecule has 0 saturated heterocycles. The Bertz CT molecular complexity index is 3380. The molecule has 7 aromatic carbocycles. The molecule has 9 aromatic rings. The lowest BCUT2D eigenvalue weighted by Crippen LogP contribution is -2.00. The summed E-state index contributed by atoms with van der Waals surface area (Å²) in [6, 6.07) is 13.1. The summed E-state index contributed by atoms with van der Waals surface area (Å²) in [6.07, 6.45) is 0. The molecule has 0 unspecified atom stereocenters. The van der Waals surface area contributed by atoms with Gasteiger partial charge in [-0.15, -0.1) is 0 Å². The summed E-state index contributed by atoms with van der Waals surface area (Å²) >= 11 is 0. The largest absolute Gasteiger partial charge is 0.456 e. The van der Waals surface area contributed by atoms with Crippen molar-refractivity contribution in [1.82, 2.24) is 15.0 Å². The Morgan fingerprint density at radius 3 is 1.91 bits per heavy atom. The maximum absolute atomic E-state index is 9.14. The Hall–Kier alpha value is -6.39. The van der Waals surface area contributed by atoms with Gasteiger partial charge in [-0.1, -0.05) is 139 Å². The van der Waals surface area contributed by atoms with Crippen LogP contribution in [0.3, 0.4) is 0 Å². The van der Waals surface area contributed by atoms with E-state index >= 15 is 0 Å². The fourth-order valence-electron chi connectivity index (χ4n) is 5.37. The van der Waals surface area contributed by atoms with E-state index in [9.17, 15) is 0 Å². The summed E-state index contributed by atoms with van der Waals surface area (Å²) in [5.74, 6) is 0.381. The minimum absolute atomic E-state index is 0.00306. The van der Waals surface area contributed by atoms with E-state index in [1.165, 1.54) is 18.2 Å². The molecule has 0 spiro atoms. The summed E-state index contributed by atoms with van der Waals surface area (Å²) < 4.78 is 134. The van der Waals surface area contributed by atoms with Crippen LogP contribution in [-0.4, -0.2) is 15.0 Å². The first-order valence-corrected chi connectivity index (χ1v) is 14.5. The van der Waals surface area contributed by atoms with Crippen molar-refractivity contribution in [1.29, 1.82) is 0 Å². The molecule has 0 N–H and O–H groups in total. The van der Waals surface area contributed by atoms with Gasteiger partial charge in [0.15, 0.2) is 17.5 Å². The number of nitrogens with zero attached hydrogens (tertiary/aromatic N) is 3. The third-order valence-electron chi connectivity index (χ3n) is 7.62. The first-order valence-electron chi connectivity index (χ1n) is 22.0. The van der Waals surface area contributed by atoms with Crippen LogP contribution >= 0.6 is 0 Å². The molecule has 220 valence electrons. The monoisotopic (exact) mass is 616 g/mol. The number of benzene rings is 7. The lowest BCUT2D eigenvalue weighted by molar-refractivity contribution is 0.669. The summed E-state index contributed by atoms with van der Waals surface area (Å²) in [7, 11) is 0. The predicted molar refractivity (Wildman–Crippen MR) is 192 cm³/mol. The number of hydrogen-bond donors (Lipinski definition) is 0. The second-order valence-corrected chi connectivity index (χ2v) is 10.5. The van der Waals surface area contributed by atoms with Crippen LogP contribution in [0.25, 0.3) is 89.1 Å². The van der Waals surface area contributed by atoms with Crippen LogP contribution in [0.4, 0.5) is 0 Å². The Kier molecular flexibility index (Phi) is 3.75. The van der Waals surface area contributed by atoms with E-state index in [0.29, 0.717) is 16.7 Å². The lowest BCUT2D eigenvalue weighted by Gasteiger charge is -2.10. The highest BCUT2D eigenvalue weighted by Crippen LogP contribution is 2.38. The summed E-state index contributed by atoms with van der Waals surface area (Å²) in [4.78, 5) is 14.4. The van der Waals surface area contributed by atoms with Gasteiger partial charge >= 0.3 is 0 Å². The standard InChI is InChI=1S/C43H27N3O/c1-3-10-28(11-4-1)35-24-25-36-39(27-35)47-38-17-9-16-37(40(36)38)43-45-41(31-13-5-2-6-14-31)44-42(46-43)32-21-18-30(19-22-32)34-23-20-29-12-7-8-15-33(29)26-34/h1-27H/i1D,3D,4D,7D,8D,10D,11D,12D,15D,16D,17D,20D,23D,26D,27D. The SMILES string of the molecule is [2H]c1cc([2H])c2oc3c([2H])c(-c4c([2H])c([2H])c([2H])c([2H])c4[2H])ccc3c2c1-c1nc(-c2ccccc2)nc(-c2ccc(-c3c([2H])c([2H])c4c([2H])c([2H])c([2H])c([2H])c4c3[2H])cc2)n1. The minimum atomic E-state index is -0.577. The Morgan fingerprint density at radius 1 is 0.426 bits per heavy atom. The van der Waals surface area contributed by atoms with Gasteiger partial charge in [0.2, 0.25) is 0 Å². The second-order valence-electron chi connectivity index (χ2n) is 10.5. The topological polar surface area (TPSA) is 51.8 Å². The van der Waals surface area contributed by atoms with E-state index in [-0.39, 0.29) is 103 Å². The van der Waals surface area contributed by atoms with Crippen molar-refractivity contribution in [3.05, 3.63) is 163 Å². The van der Waals surface area contributed by atoms with Gasteiger partial charge in [0.05, 0.1) is 20.6 Å². The number of hydrogen-bond acceptors (Lipinski definition) is 4. The molecule has 0 aliphatic heterocycles. The maximum Gasteiger partial charge on any atom is 0.164 e. The van der Waals surface area contributed by atoms with Crippen molar-refractivity contribution < 1.29 is 25.0 Å². The van der Waals surface area contributed by atoms with Gasteiger partial charge in [-0.2, -0.15) is 0 Å². The predicted octanol–water partition coefficient (Wildman–Crippen LogP) is 11.3. The van der Waals surface area contributed by atoms with Crippen molar-refractivity contribution in [2.45, 2.75) is 0 Å². The molecule has 0 fully saturated rings. The zero-order valence-corrected chi connectivity index (χ0v) is 24.2. The van der Waals surface area contributed by atoms with E-state index in [1.807, 2.05) is 6.07 Å². The molecule has 0 saturated carbocycles. The Balaban J connectivity index is 1.24. The molecule has 0 atom stereocenters. The molecule has 0 radical (unpaired) electrons. The highest BCUT2D eigenvalue weighted by Gasteiger charge is 2.18. The molecular weight excluding hydrogens is 574 g/mol. The third kappa shape index (κ3) is 4.93. The molecule has 0 bridgehead atoms. The quantitative estimate of drug-likeness (QED) is 0.193. The van der Waals surface area contributed by atoms with Gasteiger partial charge in [0.25, 0.3) is 0 Å². The fourth-order valence-corrected chi connectivity index (χ4v) is 5.37. The summed E-state index contributed by atoms with van der Waals surface area (Å²) in [5, 5.41) is 0.142. The average Bonchev–Trinajstić information content (AvgIpc) is 3.66. The first kappa shape index (κ1) is 15.7. The molecule has 0 aliphatic carbocycles. The highest BCUT2D eigenvalue weighted by atomic mass is 16.3. The maximum atomic E-state index is 9.14. The van der Waals surface area contributed by atoms with E-state index in [0.717, 1.165) is 0 Å². The van der Waals surface area contributed by atoms with Crippen LogP contribution in [0.15, 0.2) is 168 Å². The van der Waals surface area contributed by atoms with Gasteiger partial charge in [0, 0.05) is 27.5 Å². The Labute approximate surface area is 292 Å². The molecule has 4 nitrogen and oxygen atoms in total. The summed E-state index contributed by atoms with van der Waals surface area (Å²) in [5.41, 5.74) is 1.26. The molecular formula is C43H27N3O. The minimum Gasteiger partial charge on any atom is -0.456 e. The third-order valence-corrected chi connectivity index (χ3v) is 7.62. The van der Waals surface area contributed by atoms with E-state index < -0.39 is 60.4 Å². The number of fused-ring (bicyclic) bond motifs is 4. The van der Waals surface area contributed by atoms with Gasteiger partial charge in [-0.3, -0.25) is 0 Å². The van der Waals surface area contributed by atoms with E-state index in [2.05, 4.69) is 0 Å². The van der Waals surface area contributed by atoms with Gasteiger partial charge in [0.1, 0.15) is 11.2 Å². The van der Waals surface area contributed by atoms with Gasteiger partial charge in [-0.05, 0) is 57.2 Å². The van der Waals surface area contributed by atoms with E-state index in [4.69, 9.17) is 39.9 Å². The number of furan rings is 1. The first-order chi connectivity index (χ1) is 29.5. The Morgan fingerprint density at radius 2 is 1.11 bits per heavy atom. The van der Waals surface area contributed by atoms with E-state index in [1.54, 1.807) is 48.5 Å². The van der Waals surface area contributed by atoms with Crippen molar-refractivity contribution >= 4 is 32.7 Å². The zero-order chi connectivity index (χ0) is 44.2. The van der Waals surface area contributed by atoms with Crippen LogP contribution in [0.1, 0.15) is 20.6 Å². The number of aromatic nitrogens is 3. The molecule has 9 rings (SSSR count). The van der Waals surface area contributed by atoms with Crippen LogP contribution in [0, 0.1) is 0 Å². The van der Waals surface area contributed by atoms with Gasteiger partial charge < -0.3 is 4.42 Å². The molecule has 47 heavy (non-hydrogen) atoms. The molecule has 2 aromatic heterocycles. The highest BCUT2D eigenvalue weighted by molar-refractivity contribution is 6.12. The van der Waals surface area contributed by atoms with Crippen molar-refractivity contribution in [3.63, 3.8) is 0 Å². The van der Waals surface area contributed by atoms with Crippen molar-refractivity contribution in [2.24, 2.45) is 0 Å². The van der Waals surface area contributed by atoms with Crippen LogP contribution < -0.4 is 0 Å². The van der Waals surface area contributed by atoms with Crippen LogP contribution in [0.5, 0.6) is 0 Å². The number of rotatable bonds is 5.